The fourth-order valence-electron chi connectivity index (χ4n) is 4.42. The van der Waals surface area contributed by atoms with Gasteiger partial charge in [0, 0.05) is 0 Å². The first-order chi connectivity index (χ1) is 6.67. The summed E-state index contributed by atoms with van der Waals surface area (Å²) in [5.74, 6) is 0. The molecule has 0 fully saturated rings. The van der Waals surface area contributed by atoms with Gasteiger partial charge < -0.3 is 0 Å². The Bertz CT molecular complexity index is 163. The molecule has 0 spiro atoms. The average Bonchev–Trinajstić information content (AvgIpc) is 2.04. The maximum absolute atomic E-state index is 6.30. The van der Waals surface area contributed by atoms with Gasteiger partial charge in [-0.25, -0.2) is 0 Å². The second-order valence-corrected chi connectivity index (χ2v) is 13.0. The van der Waals surface area contributed by atoms with Crippen LogP contribution in [0.4, 0.5) is 0 Å². The zero-order valence-corrected chi connectivity index (χ0v) is 13.1. The van der Waals surface area contributed by atoms with E-state index in [4.69, 9.17) is 4.52 Å². The van der Waals surface area contributed by atoms with E-state index < -0.39 is 6.83 Å². The molecule has 15 heavy (non-hydrogen) atoms. The van der Waals surface area contributed by atoms with Gasteiger partial charge in [0.25, 0.3) is 0 Å². The molecule has 0 radical (unpaired) electrons. The first kappa shape index (κ1) is 15.4. The van der Waals surface area contributed by atoms with Crippen molar-refractivity contribution in [2.24, 2.45) is 0 Å². The molecule has 0 atom stereocenters. The zero-order valence-electron chi connectivity index (χ0n) is 12.2. The summed E-state index contributed by atoms with van der Waals surface area (Å²) in [5.41, 5.74) is 2.56. The second-order valence-electron chi connectivity index (χ2n) is 5.87. The van der Waals surface area contributed by atoms with Gasteiger partial charge in [0.15, 0.2) is 0 Å². The Balaban J connectivity index is 5.87. The van der Waals surface area contributed by atoms with Crippen LogP contribution >= 0.6 is 6.83 Å². The summed E-state index contributed by atoms with van der Waals surface area (Å²) in [5, 5.41) is 0. The Morgan fingerprint density at radius 2 is 0.800 bits per heavy atom. The van der Waals surface area contributed by atoms with Crippen LogP contribution < -0.4 is 0 Å². The van der Waals surface area contributed by atoms with Crippen molar-refractivity contribution in [3.05, 3.63) is 0 Å². The third-order valence-corrected chi connectivity index (χ3v) is 14.5. The second kappa shape index (κ2) is 4.72. The molecular weight excluding hydrogens is 203 g/mol. The summed E-state index contributed by atoms with van der Waals surface area (Å²) in [7, 11) is 1.94. The Labute approximate surface area is 97.0 Å². The van der Waals surface area contributed by atoms with Gasteiger partial charge in [0.1, 0.15) is 0 Å². The fourth-order valence-corrected chi connectivity index (χ4v) is 13.3. The van der Waals surface area contributed by atoms with Crippen molar-refractivity contribution in [3.63, 3.8) is 0 Å². The normalized spacial score (nSPS) is 16.5. The number of hydrogen-bond donors (Lipinski definition) is 0. The molecule has 0 aliphatic rings. The number of hydrogen-bond acceptors (Lipinski definition) is 1. The summed E-state index contributed by atoms with van der Waals surface area (Å²) in [6, 6.07) is 0. The average molecular weight is 234 g/mol. The van der Waals surface area contributed by atoms with E-state index in [1.165, 1.54) is 0 Å². The van der Waals surface area contributed by atoms with Gasteiger partial charge in [0.2, 0.25) is 0 Å². The quantitative estimate of drug-likeness (QED) is 0.625. The molecular formula is C13H31OP. The molecule has 0 rings (SSSR count). The van der Waals surface area contributed by atoms with Crippen molar-refractivity contribution in [1.82, 2.24) is 0 Å². The van der Waals surface area contributed by atoms with Crippen LogP contribution in [0.1, 0.15) is 55.4 Å². The topological polar surface area (TPSA) is 9.23 Å². The molecule has 0 bridgehead atoms. The number of rotatable bonds is 5. The van der Waals surface area contributed by atoms with Crippen LogP contribution in [0.25, 0.3) is 0 Å². The van der Waals surface area contributed by atoms with Crippen LogP contribution in [0.15, 0.2) is 0 Å². The standard InChI is InChI=1S/C13H31OP/c1-10(2)15(14-9,11(3)4,12(5)6)13(7)8/h10-13H,1-9H3. The minimum atomic E-state index is -2.11. The Morgan fingerprint density at radius 3 is 0.800 bits per heavy atom. The van der Waals surface area contributed by atoms with Crippen LogP contribution in [0.2, 0.25) is 0 Å². The van der Waals surface area contributed by atoms with E-state index in [2.05, 4.69) is 55.4 Å². The van der Waals surface area contributed by atoms with Crippen molar-refractivity contribution >= 4 is 6.83 Å². The van der Waals surface area contributed by atoms with Crippen molar-refractivity contribution in [2.45, 2.75) is 78.0 Å². The van der Waals surface area contributed by atoms with Crippen LogP contribution in [0.5, 0.6) is 0 Å². The van der Waals surface area contributed by atoms with E-state index >= 15 is 0 Å². The summed E-state index contributed by atoms with van der Waals surface area (Å²) in [6.07, 6.45) is 0. The van der Waals surface area contributed by atoms with Crippen molar-refractivity contribution < 1.29 is 4.52 Å². The molecule has 0 amide bonds. The van der Waals surface area contributed by atoms with Crippen molar-refractivity contribution in [3.8, 4) is 0 Å². The molecule has 0 aromatic carbocycles. The summed E-state index contributed by atoms with van der Waals surface area (Å²) in [6.45, 7) is 16.7. The summed E-state index contributed by atoms with van der Waals surface area (Å²) < 4.78 is 6.30. The molecule has 0 saturated carbocycles. The molecule has 0 aliphatic heterocycles. The first-order valence-corrected chi connectivity index (χ1v) is 8.67. The van der Waals surface area contributed by atoms with Gasteiger partial charge in [-0.05, 0) is 0 Å². The Morgan fingerprint density at radius 1 is 0.600 bits per heavy atom. The molecule has 0 aromatic heterocycles. The Kier molecular flexibility index (Phi) is 4.84. The molecule has 1 nitrogen and oxygen atoms in total. The molecule has 2 heteroatoms. The van der Waals surface area contributed by atoms with Gasteiger partial charge in [-0.2, -0.15) is 0 Å². The van der Waals surface area contributed by atoms with E-state index in [0.717, 1.165) is 0 Å². The first-order valence-electron chi connectivity index (χ1n) is 6.24. The predicted molar refractivity (Wildman–Crippen MR) is 74.5 cm³/mol. The molecule has 0 aromatic rings. The van der Waals surface area contributed by atoms with Gasteiger partial charge in [-0.15, -0.1) is 0 Å². The maximum atomic E-state index is 6.30. The SMILES string of the molecule is COP(C(C)C)(C(C)C)(C(C)C)C(C)C. The molecule has 0 heterocycles. The Hall–Kier alpha value is 0.390. The van der Waals surface area contributed by atoms with E-state index in [1.54, 1.807) is 0 Å². The third-order valence-electron chi connectivity index (χ3n) is 4.84. The van der Waals surface area contributed by atoms with Crippen molar-refractivity contribution in [2.75, 3.05) is 7.11 Å². The zero-order chi connectivity index (χ0) is 12.5. The summed E-state index contributed by atoms with van der Waals surface area (Å²) in [4.78, 5) is 0. The van der Waals surface area contributed by atoms with E-state index in [0.29, 0.717) is 22.6 Å². The van der Waals surface area contributed by atoms with E-state index in [-0.39, 0.29) is 0 Å². The predicted octanol–water partition coefficient (Wildman–Crippen LogP) is 4.73. The van der Waals surface area contributed by atoms with Gasteiger partial charge in [-0.1, -0.05) is 0 Å². The molecule has 94 valence electrons. The van der Waals surface area contributed by atoms with Crippen molar-refractivity contribution in [1.29, 1.82) is 0 Å². The van der Waals surface area contributed by atoms with Crippen LogP contribution in [-0.4, -0.2) is 29.7 Å². The van der Waals surface area contributed by atoms with Crippen LogP contribution in [0.3, 0.4) is 0 Å². The molecule has 0 unspecified atom stereocenters. The molecule has 0 N–H and O–H groups in total. The third kappa shape index (κ3) is 1.67. The monoisotopic (exact) mass is 234 g/mol. The van der Waals surface area contributed by atoms with E-state index in [9.17, 15) is 0 Å². The van der Waals surface area contributed by atoms with Gasteiger partial charge in [0.05, 0.1) is 0 Å². The van der Waals surface area contributed by atoms with Crippen LogP contribution in [0, 0.1) is 0 Å². The molecule has 0 saturated heterocycles. The van der Waals surface area contributed by atoms with Gasteiger partial charge in [-0.3, -0.25) is 0 Å². The molecule has 0 aliphatic carbocycles. The van der Waals surface area contributed by atoms with E-state index in [1.807, 2.05) is 7.11 Å². The summed E-state index contributed by atoms with van der Waals surface area (Å²) >= 11 is 0. The van der Waals surface area contributed by atoms with Gasteiger partial charge >= 0.3 is 96.5 Å². The fraction of sp³-hybridized carbons (Fsp3) is 1.00. The minimum absolute atomic E-state index is 0.640. The van der Waals surface area contributed by atoms with Crippen LogP contribution in [-0.2, 0) is 4.52 Å².